The highest BCUT2D eigenvalue weighted by Gasteiger charge is 2.30. The van der Waals surface area contributed by atoms with Crippen LogP contribution in [0.25, 0.3) is 22.0 Å². The zero-order chi connectivity index (χ0) is 31.5. The van der Waals surface area contributed by atoms with Crippen LogP contribution in [0, 0.1) is 0 Å². The first-order chi connectivity index (χ1) is 20.1. The predicted octanol–water partition coefficient (Wildman–Crippen LogP) is 6.31. The van der Waals surface area contributed by atoms with Gasteiger partial charge in [0.1, 0.15) is 23.1 Å². The molecule has 0 unspecified atom stereocenters. The van der Waals surface area contributed by atoms with Crippen LogP contribution in [0.15, 0.2) is 72.8 Å². The molecule has 11 heteroatoms. The number of nitrogens with one attached hydrogen (secondary N) is 1. The number of ether oxygens (including phenoxy) is 2. The van der Waals surface area contributed by atoms with Gasteiger partial charge in [0, 0.05) is 11.8 Å². The molecule has 0 aliphatic rings. The quantitative estimate of drug-likeness (QED) is 0.230. The van der Waals surface area contributed by atoms with Gasteiger partial charge in [-0.05, 0) is 79.9 Å². The highest BCUT2D eigenvalue weighted by molar-refractivity contribution is 6.07. The Balaban J connectivity index is 1.62. The number of rotatable bonds is 8. The molecule has 0 bridgehead atoms. The number of carbonyl (C=O) groups excluding carboxylic acids is 2. The number of alkyl halides is 3. The summed E-state index contributed by atoms with van der Waals surface area (Å²) in [6.45, 7) is 5.74. The van der Waals surface area contributed by atoms with Crippen molar-refractivity contribution in [2.24, 2.45) is 0 Å². The second-order valence-corrected chi connectivity index (χ2v) is 10.8. The van der Waals surface area contributed by atoms with E-state index in [0.717, 1.165) is 18.2 Å². The second kappa shape index (κ2) is 12.1. The fourth-order valence-corrected chi connectivity index (χ4v) is 4.42. The minimum Gasteiger partial charge on any atom is -0.488 e. The molecule has 0 radical (unpaired) electrons. The third-order valence-corrected chi connectivity index (χ3v) is 6.37. The Morgan fingerprint density at radius 3 is 2.21 bits per heavy atom. The third-order valence-electron chi connectivity index (χ3n) is 6.37. The van der Waals surface area contributed by atoms with E-state index in [1.54, 1.807) is 24.3 Å². The Morgan fingerprint density at radius 1 is 0.930 bits per heavy atom. The summed E-state index contributed by atoms with van der Waals surface area (Å²) in [6.07, 6.45) is -4.47. The van der Waals surface area contributed by atoms with Crippen LogP contribution < -0.4 is 10.1 Å². The number of carboxylic acids is 1. The topological polar surface area (TPSA) is 115 Å². The van der Waals surface area contributed by atoms with Crippen molar-refractivity contribution in [1.29, 1.82) is 0 Å². The first kappa shape index (κ1) is 31.0. The largest absolute Gasteiger partial charge is 0.488 e. The van der Waals surface area contributed by atoms with E-state index < -0.39 is 41.2 Å². The van der Waals surface area contributed by atoms with Crippen LogP contribution in [0.3, 0.4) is 0 Å². The molecule has 224 valence electrons. The molecule has 1 aromatic heterocycles. The van der Waals surface area contributed by atoms with Gasteiger partial charge in [-0.2, -0.15) is 13.2 Å². The van der Waals surface area contributed by atoms with Crippen LogP contribution in [-0.4, -0.2) is 46.7 Å². The van der Waals surface area contributed by atoms with Gasteiger partial charge in [0.2, 0.25) is 0 Å². The number of carboxylic acid groups (broad SMARTS) is 1. The molecular weight excluding hydrogens is 565 g/mol. The Labute approximate surface area is 245 Å². The van der Waals surface area contributed by atoms with E-state index in [-0.39, 0.29) is 34.1 Å². The van der Waals surface area contributed by atoms with Crippen molar-refractivity contribution in [3.63, 3.8) is 0 Å². The first-order valence-corrected chi connectivity index (χ1v) is 13.2. The Bertz CT molecular complexity index is 1680. The van der Waals surface area contributed by atoms with E-state index in [9.17, 15) is 32.7 Å². The molecule has 0 aliphatic heterocycles. The van der Waals surface area contributed by atoms with Gasteiger partial charge in [-0.15, -0.1) is 0 Å². The first-order valence-electron chi connectivity index (χ1n) is 13.2. The van der Waals surface area contributed by atoms with Gasteiger partial charge in [0.15, 0.2) is 0 Å². The molecule has 0 spiro atoms. The van der Waals surface area contributed by atoms with E-state index in [1.807, 2.05) is 20.8 Å². The summed E-state index contributed by atoms with van der Waals surface area (Å²) in [5, 5.41) is 12.6. The van der Waals surface area contributed by atoms with Crippen LogP contribution in [0.5, 0.6) is 5.75 Å². The summed E-state index contributed by atoms with van der Waals surface area (Å²) in [5.74, 6) is -2.26. The molecule has 0 aliphatic carbocycles. The van der Waals surface area contributed by atoms with Crippen LogP contribution in [0.2, 0.25) is 0 Å². The minimum atomic E-state index is -4.55. The average molecular weight is 595 g/mol. The second-order valence-electron chi connectivity index (χ2n) is 10.8. The Kier molecular flexibility index (Phi) is 8.75. The molecule has 0 saturated carbocycles. The van der Waals surface area contributed by atoms with E-state index in [0.29, 0.717) is 16.9 Å². The number of hydrogen-bond donors (Lipinski definition) is 2. The number of aromatic nitrogens is 1. The smallest absolute Gasteiger partial charge is 0.416 e. The van der Waals surface area contributed by atoms with Gasteiger partial charge < -0.3 is 19.9 Å². The molecule has 8 nitrogen and oxygen atoms in total. The number of fused-ring (bicyclic) bond motifs is 1. The van der Waals surface area contributed by atoms with Gasteiger partial charge in [-0.25, -0.2) is 14.6 Å². The zero-order valence-corrected chi connectivity index (χ0v) is 23.8. The maximum absolute atomic E-state index is 13.2. The number of methoxy groups -OCH3 is 1. The lowest BCUT2D eigenvalue weighted by atomic mass is 9.98. The maximum Gasteiger partial charge on any atom is 0.416 e. The SMILES string of the molecule is COC(=O)[C@H](Cc1ccc(OC(C)(C)C)cc1)NC(=O)c1cc(C(=O)O)c2cc(-c3cccc(C(F)(F)F)c3)ccc2n1. The molecule has 1 amide bonds. The summed E-state index contributed by atoms with van der Waals surface area (Å²) < 4.78 is 50.3. The summed E-state index contributed by atoms with van der Waals surface area (Å²) in [6, 6.07) is 15.9. The number of amides is 1. The molecule has 43 heavy (non-hydrogen) atoms. The molecule has 1 atom stereocenters. The van der Waals surface area contributed by atoms with E-state index >= 15 is 0 Å². The van der Waals surface area contributed by atoms with Crippen molar-refractivity contribution in [2.75, 3.05) is 7.11 Å². The van der Waals surface area contributed by atoms with Crippen molar-refractivity contribution in [2.45, 2.75) is 45.0 Å². The fraction of sp³-hybridized carbons (Fsp3) is 0.250. The summed E-state index contributed by atoms with van der Waals surface area (Å²) in [4.78, 5) is 42.2. The number of hydrogen-bond acceptors (Lipinski definition) is 6. The van der Waals surface area contributed by atoms with Crippen molar-refractivity contribution >= 4 is 28.7 Å². The number of nitrogens with zero attached hydrogens (tertiary/aromatic N) is 1. The van der Waals surface area contributed by atoms with Crippen LogP contribution in [-0.2, 0) is 22.1 Å². The van der Waals surface area contributed by atoms with Crippen molar-refractivity contribution in [3.8, 4) is 16.9 Å². The van der Waals surface area contributed by atoms with Gasteiger partial charge >= 0.3 is 18.1 Å². The fourth-order valence-electron chi connectivity index (χ4n) is 4.42. The molecule has 0 saturated heterocycles. The highest BCUT2D eigenvalue weighted by Crippen LogP contribution is 2.33. The zero-order valence-electron chi connectivity index (χ0n) is 23.8. The standard InChI is InChI=1S/C32H29F3N2O6/c1-31(2,3)43-22-11-8-18(9-12-22)14-27(30(41)42-4)37-28(38)26-17-24(29(39)40)23-16-20(10-13-25(23)36-26)19-6-5-7-21(15-19)32(33,34)35/h5-13,15-17,27H,14H2,1-4H3,(H,37,38)(H,39,40)/t27-/m0/s1. The van der Waals surface area contributed by atoms with Crippen LogP contribution in [0.1, 0.15) is 52.7 Å². The van der Waals surface area contributed by atoms with Crippen LogP contribution in [0.4, 0.5) is 13.2 Å². The normalized spacial score (nSPS) is 12.4. The van der Waals surface area contributed by atoms with E-state index in [2.05, 4.69) is 10.3 Å². The Morgan fingerprint density at radius 2 is 1.60 bits per heavy atom. The molecule has 0 fully saturated rings. The average Bonchev–Trinajstić information content (AvgIpc) is 2.95. The van der Waals surface area contributed by atoms with Crippen molar-refractivity contribution < 1.29 is 42.1 Å². The van der Waals surface area contributed by atoms with E-state index in [1.165, 1.54) is 37.4 Å². The third kappa shape index (κ3) is 7.68. The lowest BCUT2D eigenvalue weighted by Crippen LogP contribution is -2.43. The minimum absolute atomic E-state index is 0.0773. The number of benzene rings is 3. The number of carbonyl (C=O) groups is 3. The molecule has 4 rings (SSSR count). The van der Waals surface area contributed by atoms with Gasteiger partial charge in [-0.1, -0.05) is 30.3 Å². The predicted molar refractivity (Wildman–Crippen MR) is 153 cm³/mol. The van der Waals surface area contributed by atoms with Gasteiger partial charge in [-0.3, -0.25) is 4.79 Å². The summed E-state index contributed by atoms with van der Waals surface area (Å²) in [5.41, 5.74) is -0.387. The molecule has 3 aromatic carbocycles. The van der Waals surface area contributed by atoms with Crippen LogP contribution >= 0.6 is 0 Å². The van der Waals surface area contributed by atoms with Crippen molar-refractivity contribution in [3.05, 3.63) is 95.2 Å². The summed E-state index contributed by atoms with van der Waals surface area (Å²) >= 11 is 0. The van der Waals surface area contributed by atoms with Gasteiger partial charge in [0.25, 0.3) is 5.91 Å². The Hall–Kier alpha value is -4.93. The summed E-state index contributed by atoms with van der Waals surface area (Å²) in [7, 11) is 1.18. The highest BCUT2D eigenvalue weighted by atomic mass is 19.4. The number of pyridine rings is 1. The lowest BCUT2D eigenvalue weighted by molar-refractivity contribution is -0.143. The molecular formula is C32H29F3N2O6. The van der Waals surface area contributed by atoms with Crippen molar-refractivity contribution in [1.82, 2.24) is 10.3 Å². The van der Waals surface area contributed by atoms with Gasteiger partial charge in [0.05, 0.1) is 23.8 Å². The maximum atomic E-state index is 13.2. The molecule has 1 heterocycles. The lowest BCUT2D eigenvalue weighted by Gasteiger charge is -2.21. The molecule has 4 aromatic rings. The number of esters is 1. The number of halogens is 3. The number of aromatic carboxylic acids is 1. The molecule has 2 N–H and O–H groups in total. The monoisotopic (exact) mass is 594 g/mol. The van der Waals surface area contributed by atoms with E-state index in [4.69, 9.17) is 9.47 Å².